The van der Waals surface area contributed by atoms with Crippen LogP contribution in [0, 0.1) is 5.82 Å². The first-order valence-electron chi connectivity index (χ1n) is 4.62. The summed E-state index contributed by atoms with van der Waals surface area (Å²) in [4.78, 5) is 0. The molecule has 0 aliphatic rings. The third kappa shape index (κ3) is 6.33. The standard InChI is InChI=1S/C10H13F.H3NO2S/c1-3-8-5-6-10(11)7-9(8)4-2;1-4(2)3/h5-7H,3-4H2,1-2H3;1H2,(H,2,3)/p-1. The minimum absolute atomic E-state index is 0.126. The Labute approximate surface area is 91.9 Å². The average molecular weight is 232 g/mol. The number of rotatable bonds is 2. The molecule has 0 fully saturated rings. The zero-order valence-corrected chi connectivity index (χ0v) is 9.64. The highest BCUT2D eigenvalue weighted by Gasteiger charge is 1.98. The van der Waals surface area contributed by atoms with Crippen LogP contribution < -0.4 is 5.14 Å². The van der Waals surface area contributed by atoms with Gasteiger partial charge in [0.25, 0.3) is 0 Å². The number of nitrogens with two attached hydrogens (primary N) is 1. The Hall–Kier alpha value is -0.780. The molecule has 1 atom stereocenters. The van der Waals surface area contributed by atoms with Crippen molar-refractivity contribution in [3.8, 4) is 0 Å². The highest BCUT2D eigenvalue weighted by Crippen LogP contribution is 2.12. The van der Waals surface area contributed by atoms with Crippen molar-refractivity contribution in [2.45, 2.75) is 26.7 Å². The Bertz CT molecular complexity index is 327. The smallest absolute Gasteiger partial charge is 0.123 e. The van der Waals surface area contributed by atoms with Crippen LogP contribution in [0.5, 0.6) is 0 Å². The predicted molar refractivity (Wildman–Crippen MR) is 58.3 cm³/mol. The second-order valence-corrected chi connectivity index (χ2v) is 3.40. The van der Waals surface area contributed by atoms with E-state index in [2.05, 4.69) is 12.1 Å². The molecule has 0 aromatic heterocycles. The first-order chi connectivity index (χ1) is 7.01. The summed E-state index contributed by atoms with van der Waals surface area (Å²) in [5, 5.41) is 4.03. The number of hydrogen-bond acceptors (Lipinski definition) is 2. The molecule has 1 aromatic carbocycles. The van der Waals surface area contributed by atoms with E-state index in [-0.39, 0.29) is 5.82 Å². The molecule has 2 N–H and O–H groups in total. The van der Waals surface area contributed by atoms with E-state index in [1.807, 2.05) is 13.0 Å². The Morgan fingerprint density at radius 2 is 1.80 bits per heavy atom. The van der Waals surface area contributed by atoms with Crippen LogP contribution in [0.1, 0.15) is 25.0 Å². The van der Waals surface area contributed by atoms with Crippen LogP contribution >= 0.6 is 0 Å². The van der Waals surface area contributed by atoms with Gasteiger partial charge in [-0.1, -0.05) is 19.9 Å². The molecular weight excluding hydrogens is 217 g/mol. The summed E-state index contributed by atoms with van der Waals surface area (Å²) in [6, 6.07) is 5.02. The van der Waals surface area contributed by atoms with Crippen LogP contribution in [-0.4, -0.2) is 8.76 Å². The van der Waals surface area contributed by atoms with Gasteiger partial charge in [0.1, 0.15) is 5.82 Å². The molecule has 5 heteroatoms. The van der Waals surface area contributed by atoms with Crippen LogP contribution in [0.25, 0.3) is 0 Å². The van der Waals surface area contributed by atoms with Gasteiger partial charge in [0.05, 0.1) is 0 Å². The molecular formula is C10H15FNO2S-. The molecule has 0 heterocycles. The first-order valence-corrected chi connectivity index (χ1v) is 5.76. The largest absolute Gasteiger partial charge is 0.760 e. The zero-order chi connectivity index (χ0) is 11.8. The summed E-state index contributed by atoms with van der Waals surface area (Å²) in [6.45, 7) is 4.14. The Morgan fingerprint density at radius 3 is 2.20 bits per heavy atom. The third-order valence-corrected chi connectivity index (χ3v) is 1.93. The van der Waals surface area contributed by atoms with Crippen molar-refractivity contribution in [3.05, 3.63) is 35.1 Å². The van der Waals surface area contributed by atoms with Gasteiger partial charge in [-0.25, -0.2) is 4.39 Å². The fourth-order valence-corrected chi connectivity index (χ4v) is 1.27. The summed E-state index contributed by atoms with van der Waals surface area (Å²) in [6.07, 6.45) is 1.91. The van der Waals surface area contributed by atoms with Crippen molar-refractivity contribution in [1.29, 1.82) is 0 Å². The van der Waals surface area contributed by atoms with Crippen LogP contribution in [0.2, 0.25) is 0 Å². The minimum Gasteiger partial charge on any atom is -0.760 e. The van der Waals surface area contributed by atoms with Gasteiger partial charge in [0, 0.05) is 11.3 Å². The van der Waals surface area contributed by atoms with E-state index in [9.17, 15) is 4.39 Å². The van der Waals surface area contributed by atoms with Crippen LogP contribution in [-0.2, 0) is 24.1 Å². The molecule has 0 aliphatic heterocycles. The molecule has 0 saturated heterocycles. The Kier molecular flexibility index (Phi) is 7.11. The van der Waals surface area contributed by atoms with Gasteiger partial charge >= 0.3 is 0 Å². The summed E-state index contributed by atoms with van der Waals surface area (Å²) in [7, 11) is 0. The van der Waals surface area contributed by atoms with E-state index in [1.54, 1.807) is 6.07 Å². The summed E-state index contributed by atoms with van der Waals surface area (Å²) < 4.78 is 30.2. The molecule has 0 amide bonds. The third-order valence-electron chi connectivity index (χ3n) is 1.93. The van der Waals surface area contributed by atoms with Gasteiger partial charge in [-0.2, -0.15) is 0 Å². The molecule has 0 bridgehead atoms. The van der Waals surface area contributed by atoms with Gasteiger partial charge in [-0.3, -0.25) is 9.35 Å². The molecule has 1 rings (SSSR count). The quantitative estimate of drug-likeness (QED) is 0.788. The summed E-state index contributed by atoms with van der Waals surface area (Å²) >= 11 is -2.36. The van der Waals surface area contributed by atoms with Crippen LogP contribution in [0.15, 0.2) is 18.2 Å². The van der Waals surface area contributed by atoms with E-state index in [1.165, 1.54) is 11.6 Å². The van der Waals surface area contributed by atoms with E-state index < -0.39 is 11.3 Å². The maximum absolute atomic E-state index is 12.7. The highest BCUT2D eigenvalue weighted by molar-refractivity contribution is 7.76. The molecule has 0 aliphatic carbocycles. The molecule has 15 heavy (non-hydrogen) atoms. The monoisotopic (exact) mass is 232 g/mol. The zero-order valence-electron chi connectivity index (χ0n) is 8.83. The van der Waals surface area contributed by atoms with Crippen molar-refractivity contribution in [2.24, 2.45) is 5.14 Å². The molecule has 0 saturated carbocycles. The first kappa shape index (κ1) is 14.2. The van der Waals surface area contributed by atoms with Crippen molar-refractivity contribution < 1.29 is 13.2 Å². The maximum atomic E-state index is 12.7. The molecule has 0 spiro atoms. The number of halogens is 1. The Morgan fingerprint density at radius 1 is 1.33 bits per heavy atom. The number of aryl methyl sites for hydroxylation is 2. The predicted octanol–water partition coefficient (Wildman–Crippen LogP) is 1.69. The van der Waals surface area contributed by atoms with E-state index in [0.717, 1.165) is 18.4 Å². The molecule has 1 unspecified atom stereocenters. The highest BCUT2D eigenvalue weighted by atomic mass is 32.2. The molecule has 3 nitrogen and oxygen atoms in total. The van der Waals surface area contributed by atoms with Crippen molar-refractivity contribution in [1.82, 2.24) is 0 Å². The second-order valence-electron chi connectivity index (χ2n) is 2.88. The molecule has 1 aromatic rings. The van der Waals surface area contributed by atoms with Crippen LogP contribution in [0.4, 0.5) is 4.39 Å². The van der Waals surface area contributed by atoms with E-state index in [4.69, 9.17) is 8.76 Å². The van der Waals surface area contributed by atoms with Crippen LogP contribution in [0.3, 0.4) is 0 Å². The fraction of sp³-hybridized carbons (Fsp3) is 0.400. The van der Waals surface area contributed by atoms with Crippen molar-refractivity contribution >= 4 is 11.3 Å². The van der Waals surface area contributed by atoms with Gasteiger partial charge < -0.3 is 4.55 Å². The normalized spacial score (nSPS) is 11.5. The second kappa shape index (κ2) is 7.50. The molecule has 86 valence electrons. The van der Waals surface area contributed by atoms with Gasteiger partial charge in [0.15, 0.2) is 0 Å². The number of benzene rings is 1. The lowest BCUT2D eigenvalue weighted by atomic mass is 10.0. The van der Waals surface area contributed by atoms with Crippen molar-refractivity contribution in [2.75, 3.05) is 0 Å². The lowest BCUT2D eigenvalue weighted by Crippen LogP contribution is -1.97. The van der Waals surface area contributed by atoms with Gasteiger partial charge in [-0.15, -0.1) is 0 Å². The topological polar surface area (TPSA) is 66.2 Å². The Balaban J connectivity index is 0.000000423. The summed E-state index contributed by atoms with van der Waals surface area (Å²) in [5.74, 6) is -0.126. The minimum atomic E-state index is -2.36. The molecule has 0 radical (unpaired) electrons. The van der Waals surface area contributed by atoms with E-state index in [0.29, 0.717) is 0 Å². The fourth-order valence-electron chi connectivity index (χ4n) is 1.27. The average Bonchev–Trinajstić information content (AvgIpc) is 2.16. The van der Waals surface area contributed by atoms with Gasteiger partial charge in [-0.05, 0) is 36.1 Å². The number of hydrogen-bond donors (Lipinski definition) is 1. The van der Waals surface area contributed by atoms with Crippen molar-refractivity contribution in [3.63, 3.8) is 0 Å². The maximum Gasteiger partial charge on any atom is 0.123 e. The SMILES string of the molecule is CCc1ccc(F)cc1CC.NS(=O)[O-]. The van der Waals surface area contributed by atoms with E-state index >= 15 is 0 Å². The van der Waals surface area contributed by atoms with Gasteiger partial charge in [0.2, 0.25) is 0 Å². The lowest BCUT2D eigenvalue weighted by Gasteiger charge is -2.03. The lowest BCUT2D eigenvalue weighted by molar-refractivity contribution is 0.539. The summed E-state index contributed by atoms with van der Waals surface area (Å²) in [5.41, 5.74) is 2.39.